The summed E-state index contributed by atoms with van der Waals surface area (Å²) in [6.07, 6.45) is 0. The molecule has 0 amide bonds. The molecule has 0 saturated heterocycles. The molecule has 264 valence electrons. The lowest BCUT2D eigenvalue weighted by atomic mass is 9.80. The van der Waals surface area contributed by atoms with Gasteiger partial charge in [-0.2, -0.15) is 0 Å². The molecule has 0 unspecified atom stereocenters. The fourth-order valence-electron chi connectivity index (χ4n) is 8.83. The molecule has 0 fully saturated rings. The van der Waals surface area contributed by atoms with Crippen molar-refractivity contribution < 1.29 is 0 Å². The summed E-state index contributed by atoms with van der Waals surface area (Å²) in [7, 11) is 0. The lowest BCUT2D eigenvalue weighted by Gasteiger charge is -2.23. The second-order valence-corrected chi connectivity index (χ2v) is 16.4. The highest BCUT2D eigenvalue weighted by atomic mass is 32.1. The number of benzene rings is 8. The fraction of sp³-hybridized carbons (Fsp3) is 0.0566. The lowest BCUT2D eigenvalue weighted by molar-refractivity contribution is 0.661. The lowest BCUT2D eigenvalue weighted by Crippen LogP contribution is -2.15. The van der Waals surface area contributed by atoms with Crippen molar-refractivity contribution >= 4 is 42.4 Å². The van der Waals surface area contributed by atoms with E-state index in [4.69, 9.17) is 9.97 Å². The average Bonchev–Trinajstić information content (AvgIpc) is 3.74. The minimum atomic E-state index is -0.150. The zero-order valence-corrected chi connectivity index (χ0v) is 31.9. The van der Waals surface area contributed by atoms with Crippen LogP contribution in [0.15, 0.2) is 182 Å². The van der Waals surface area contributed by atoms with E-state index in [-0.39, 0.29) is 5.41 Å². The van der Waals surface area contributed by atoms with Gasteiger partial charge < -0.3 is 0 Å². The molecule has 2 aromatic heterocycles. The van der Waals surface area contributed by atoms with Crippen molar-refractivity contribution in [2.24, 2.45) is 0 Å². The van der Waals surface area contributed by atoms with Gasteiger partial charge in [0.2, 0.25) is 0 Å². The molecule has 56 heavy (non-hydrogen) atoms. The Kier molecular flexibility index (Phi) is 7.42. The summed E-state index contributed by atoms with van der Waals surface area (Å²) in [6.45, 7) is 4.77. The third-order valence-corrected chi connectivity index (χ3v) is 12.9. The predicted molar refractivity (Wildman–Crippen MR) is 237 cm³/mol. The van der Waals surface area contributed by atoms with E-state index in [1.54, 1.807) is 11.3 Å². The molecule has 0 saturated carbocycles. The number of fused-ring (bicyclic) bond motifs is 7. The number of hydrogen-bond acceptors (Lipinski definition) is 3. The second kappa shape index (κ2) is 12.7. The van der Waals surface area contributed by atoms with Crippen LogP contribution in [0.5, 0.6) is 0 Å². The molecule has 1 aliphatic rings. The standard InChI is InChI=1S/C53H36N2S/c1-53(2)44-31-39(28-29-42(44)48-45(53)32-40-18-9-10-21-41(40)47(48)34-14-5-3-6-15-34)38-20-13-19-37(30-38)33-24-26-35(27-25-33)49-51-50(43-22-11-12-23-46(43)56-51)55-52(54-49)36-16-7-4-8-17-36/h3-32H,1-2H3. The zero-order chi connectivity index (χ0) is 37.4. The van der Waals surface area contributed by atoms with Crippen LogP contribution in [0, 0.1) is 0 Å². The topological polar surface area (TPSA) is 25.8 Å². The third kappa shape index (κ3) is 5.16. The zero-order valence-electron chi connectivity index (χ0n) is 31.1. The smallest absolute Gasteiger partial charge is 0.160 e. The summed E-state index contributed by atoms with van der Waals surface area (Å²) >= 11 is 1.77. The Hall–Kier alpha value is -6.68. The van der Waals surface area contributed by atoms with E-state index in [1.807, 2.05) is 18.2 Å². The molecule has 0 aliphatic heterocycles. The van der Waals surface area contributed by atoms with Crippen molar-refractivity contribution in [1.82, 2.24) is 9.97 Å². The van der Waals surface area contributed by atoms with Crippen molar-refractivity contribution in [2.45, 2.75) is 19.3 Å². The van der Waals surface area contributed by atoms with E-state index >= 15 is 0 Å². The number of aromatic nitrogens is 2. The average molecular weight is 733 g/mol. The van der Waals surface area contributed by atoms with Gasteiger partial charge in [-0.05, 0) is 90.7 Å². The molecule has 0 atom stereocenters. The highest BCUT2D eigenvalue weighted by Crippen LogP contribution is 2.55. The molecule has 10 aromatic rings. The number of rotatable bonds is 5. The number of thiophene rings is 1. The van der Waals surface area contributed by atoms with Crippen LogP contribution < -0.4 is 0 Å². The Morgan fingerprint density at radius 2 is 1.04 bits per heavy atom. The summed E-state index contributed by atoms with van der Waals surface area (Å²) in [5, 5.41) is 3.76. The number of nitrogens with zero attached hydrogens (tertiary/aromatic N) is 2. The van der Waals surface area contributed by atoms with Gasteiger partial charge in [0.1, 0.15) is 0 Å². The Morgan fingerprint density at radius 1 is 0.429 bits per heavy atom. The normalized spacial score (nSPS) is 13.0. The van der Waals surface area contributed by atoms with Crippen LogP contribution >= 0.6 is 11.3 Å². The first kappa shape index (κ1) is 32.7. The quantitative estimate of drug-likeness (QED) is 0.176. The van der Waals surface area contributed by atoms with Crippen LogP contribution in [0.25, 0.3) is 98.2 Å². The Morgan fingerprint density at radius 3 is 1.82 bits per heavy atom. The molecule has 0 spiro atoms. The first-order valence-electron chi connectivity index (χ1n) is 19.2. The summed E-state index contributed by atoms with van der Waals surface area (Å²) in [5.41, 5.74) is 16.8. The Balaban J connectivity index is 0.980. The van der Waals surface area contributed by atoms with Crippen LogP contribution in [-0.4, -0.2) is 9.97 Å². The van der Waals surface area contributed by atoms with E-state index in [0.29, 0.717) is 0 Å². The largest absolute Gasteiger partial charge is 0.226 e. The van der Waals surface area contributed by atoms with Crippen molar-refractivity contribution in [3.05, 3.63) is 193 Å². The van der Waals surface area contributed by atoms with Gasteiger partial charge in [-0.15, -0.1) is 11.3 Å². The van der Waals surface area contributed by atoms with E-state index in [9.17, 15) is 0 Å². The number of hydrogen-bond donors (Lipinski definition) is 0. The first-order chi connectivity index (χ1) is 27.5. The molecule has 2 heterocycles. The summed E-state index contributed by atoms with van der Waals surface area (Å²) < 4.78 is 2.34. The van der Waals surface area contributed by atoms with Gasteiger partial charge in [-0.1, -0.05) is 172 Å². The van der Waals surface area contributed by atoms with Gasteiger partial charge in [0, 0.05) is 26.6 Å². The SMILES string of the molecule is CC1(C)c2cc(-c3cccc(-c4ccc(-c5nc(-c6ccccc6)nc6c5sc5ccccc56)cc4)c3)ccc2-c2c1cc1ccccc1c2-c1ccccc1. The van der Waals surface area contributed by atoms with Gasteiger partial charge >= 0.3 is 0 Å². The molecular weight excluding hydrogens is 697 g/mol. The highest BCUT2D eigenvalue weighted by molar-refractivity contribution is 7.26. The summed E-state index contributed by atoms with van der Waals surface area (Å²) in [4.78, 5) is 10.3. The van der Waals surface area contributed by atoms with Crippen molar-refractivity contribution in [1.29, 1.82) is 0 Å². The summed E-state index contributed by atoms with van der Waals surface area (Å²) in [5.74, 6) is 0.749. The summed E-state index contributed by atoms with van der Waals surface area (Å²) in [6, 6.07) is 66.0. The molecule has 3 heteroatoms. The van der Waals surface area contributed by atoms with E-state index in [2.05, 4.69) is 178 Å². The minimum Gasteiger partial charge on any atom is -0.226 e. The molecule has 0 bridgehead atoms. The van der Waals surface area contributed by atoms with Crippen LogP contribution in [0.1, 0.15) is 25.0 Å². The van der Waals surface area contributed by atoms with E-state index in [1.165, 1.54) is 76.5 Å². The van der Waals surface area contributed by atoms with E-state index in [0.717, 1.165) is 32.9 Å². The maximum Gasteiger partial charge on any atom is 0.160 e. The van der Waals surface area contributed by atoms with Crippen LogP contribution in [0.3, 0.4) is 0 Å². The van der Waals surface area contributed by atoms with Crippen LogP contribution in [-0.2, 0) is 5.41 Å². The minimum absolute atomic E-state index is 0.150. The molecule has 2 nitrogen and oxygen atoms in total. The van der Waals surface area contributed by atoms with Crippen molar-refractivity contribution in [3.8, 4) is 67.2 Å². The monoisotopic (exact) mass is 732 g/mol. The Bertz CT molecular complexity index is 3140. The maximum absolute atomic E-state index is 5.19. The molecular formula is C53H36N2S. The van der Waals surface area contributed by atoms with Gasteiger partial charge in [-0.25, -0.2) is 9.97 Å². The predicted octanol–water partition coefficient (Wildman–Crippen LogP) is 14.6. The van der Waals surface area contributed by atoms with Gasteiger partial charge in [0.05, 0.1) is 15.9 Å². The highest BCUT2D eigenvalue weighted by Gasteiger charge is 2.38. The maximum atomic E-state index is 5.19. The van der Waals surface area contributed by atoms with Gasteiger partial charge in [0.15, 0.2) is 5.82 Å². The van der Waals surface area contributed by atoms with Gasteiger partial charge in [-0.3, -0.25) is 0 Å². The molecule has 0 N–H and O–H groups in total. The first-order valence-corrected chi connectivity index (χ1v) is 20.1. The van der Waals surface area contributed by atoms with Gasteiger partial charge in [0.25, 0.3) is 0 Å². The molecule has 11 rings (SSSR count). The van der Waals surface area contributed by atoms with Crippen molar-refractivity contribution in [2.75, 3.05) is 0 Å². The second-order valence-electron chi connectivity index (χ2n) is 15.3. The molecule has 0 radical (unpaired) electrons. The molecule has 8 aromatic carbocycles. The van der Waals surface area contributed by atoms with Crippen LogP contribution in [0.4, 0.5) is 0 Å². The molecule has 1 aliphatic carbocycles. The van der Waals surface area contributed by atoms with E-state index < -0.39 is 0 Å². The van der Waals surface area contributed by atoms with Crippen LogP contribution in [0.2, 0.25) is 0 Å². The third-order valence-electron chi connectivity index (χ3n) is 11.7. The fourth-order valence-corrected chi connectivity index (χ4v) is 9.98. The van der Waals surface area contributed by atoms with Crippen molar-refractivity contribution in [3.63, 3.8) is 0 Å². The Labute approximate surface area is 330 Å².